The van der Waals surface area contributed by atoms with Gasteiger partial charge in [-0.3, -0.25) is 14.7 Å². The summed E-state index contributed by atoms with van der Waals surface area (Å²) in [4.78, 5) is 13.2. The van der Waals surface area contributed by atoms with Crippen LogP contribution in [0.2, 0.25) is 0 Å². The highest BCUT2D eigenvalue weighted by Gasteiger charge is 2.48. The van der Waals surface area contributed by atoms with Crippen LogP contribution in [0.4, 0.5) is 4.79 Å². The summed E-state index contributed by atoms with van der Waals surface area (Å²) in [5.74, 6) is -0.571. The number of nitrogens with one attached hydrogen (secondary N) is 2. The van der Waals surface area contributed by atoms with Gasteiger partial charge in [-0.15, -0.1) is 4.28 Å². The Hall–Kier alpha value is -1.44. The second-order valence-corrected chi connectivity index (χ2v) is 7.94. The van der Waals surface area contributed by atoms with Gasteiger partial charge in [0.15, 0.2) is 0 Å². The molecule has 3 N–H and O–H groups in total. The smallest absolute Gasteiger partial charge is 0.310 e. The summed E-state index contributed by atoms with van der Waals surface area (Å²) >= 11 is 0. The highest BCUT2D eigenvalue weighted by Crippen LogP contribution is 2.30. The Kier molecular flexibility index (Phi) is 4.34. The Labute approximate surface area is 127 Å². The molecule has 2 amide bonds. The third-order valence-electron chi connectivity index (χ3n) is 3.48. The third-order valence-corrected chi connectivity index (χ3v) is 5.12. The van der Waals surface area contributed by atoms with Crippen LogP contribution in [0.5, 0.6) is 0 Å². The lowest BCUT2D eigenvalue weighted by Crippen LogP contribution is -2.50. The molecule has 0 saturated carbocycles. The Balaban J connectivity index is 2.14. The minimum absolute atomic E-state index is 0.0786. The number of carbonyl (C=O) groups is 1. The predicted molar refractivity (Wildman–Crippen MR) is 73.7 cm³/mol. The number of fused-ring (bicyclic) bond motifs is 2. The maximum Gasteiger partial charge on any atom is 0.418 e. The van der Waals surface area contributed by atoms with Gasteiger partial charge in [0.2, 0.25) is 10.0 Å². The first-order chi connectivity index (χ1) is 10.0. The van der Waals surface area contributed by atoms with E-state index in [1.807, 2.05) is 0 Å². The van der Waals surface area contributed by atoms with E-state index in [0.29, 0.717) is 11.5 Å². The third kappa shape index (κ3) is 3.48. The van der Waals surface area contributed by atoms with E-state index in [1.165, 1.54) is 6.92 Å². The molecular weight excluding hydrogens is 340 g/mol. The molecule has 0 radical (unpaired) electrons. The number of nitrogens with zero attached hydrogens (tertiary/aromatic N) is 2. The maximum atomic E-state index is 12.1. The second-order valence-electron chi connectivity index (χ2n) is 4.93. The van der Waals surface area contributed by atoms with Crippen molar-refractivity contribution < 1.29 is 30.5 Å². The molecule has 0 aromatic carbocycles. The summed E-state index contributed by atoms with van der Waals surface area (Å²) < 4.78 is 59.5. The molecule has 2 aliphatic rings. The fourth-order valence-corrected chi connectivity index (χ4v) is 3.44. The van der Waals surface area contributed by atoms with Crippen molar-refractivity contribution in [1.29, 1.82) is 5.41 Å². The second kappa shape index (κ2) is 5.64. The summed E-state index contributed by atoms with van der Waals surface area (Å²) in [5.41, 5.74) is 0. The van der Waals surface area contributed by atoms with Gasteiger partial charge in [0.05, 0.1) is 17.8 Å². The van der Waals surface area contributed by atoms with Crippen molar-refractivity contribution in [2.24, 2.45) is 0 Å². The molecule has 2 saturated heterocycles. The molecule has 22 heavy (non-hydrogen) atoms. The summed E-state index contributed by atoms with van der Waals surface area (Å²) in [6.45, 7) is 1.49. The van der Waals surface area contributed by atoms with E-state index >= 15 is 0 Å². The molecule has 2 fully saturated rings. The van der Waals surface area contributed by atoms with Gasteiger partial charge in [0.25, 0.3) is 0 Å². The average Bonchev–Trinajstić information content (AvgIpc) is 2.62. The molecule has 2 bridgehead atoms. The molecule has 0 aliphatic carbocycles. The van der Waals surface area contributed by atoms with Gasteiger partial charge >= 0.3 is 16.4 Å². The predicted octanol–water partition coefficient (Wildman–Crippen LogP) is -1.09. The number of hydrogen-bond acceptors (Lipinski definition) is 7. The number of hydrogen-bond donors (Lipinski definition) is 3. The van der Waals surface area contributed by atoms with E-state index in [-0.39, 0.29) is 24.6 Å². The average molecular weight is 356 g/mol. The summed E-state index contributed by atoms with van der Waals surface area (Å²) in [5, 5.41) is 8.36. The molecule has 2 rings (SSSR count). The molecule has 11 nitrogen and oxygen atoms in total. The van der Waals surface area contributed by atoms with E-state index in [1.54, 1.807) is 0 Å². The zero-order chi connectivity index (χ0) is 16.7. The monoisotopic (exact) mass is 356 g/mol. The Morgan fingerprint density at radius 1 is 1.41 bits per heavy atom. The SMILES string of the molecule is CCS(=O)(=O)NC(=N)C1CCC2CN1C(=O)N2OS(=O)(=O)O. The molecule has 126 valence electrons. The zero-order valence-corrected chi connectivity index (χ0v) is 13.2. The fraction of sp³-hybridized carbons (Fsp3) is 0.778. The number of amidine groups is 1. The number of piperidine rings is 1. The molecule has 13 heteroatoms. The Morgan fingerprint density at radius 3 is 2.59 bits per heavy atom. The van der Waals surface area contributed by atoms with Crippen LogP contribution in [0.25, 0.3) is 0 Å². The topological polar surface area (TPSA) is 157 Å². The number of urea groups is 1. The summed E-state index contributed by atoms with van der Waals surface area (Å²) in [7, 11) is -8.48. The molecule has 2 aliphatic heterocycles. The molecule has 2 heterocycles. The van der Waals surface area contributed by atoms with E-state index in [4.69, 9.17) is 9.96 Å². The highest BCUT2D eigenvalue weighted by atomic mass is 32.3. The lowest BCUT2D eigenvalue weighted by molar-refractivity contribution is -0.0316. The van der Waals surface area contributed by atoms with Crippen molar-refractivity contribution in [3.05, 3.63) is 0 Å². The van der Waals surface area contributed by atoms with Gasteiger partial charge in [0.1, 0.15) is 5.84 Å². The zero-order valence-electron chi connectivity index (χ0n) is 11.6. The van der Waals surface area contributed by atoms with E-state index < -0.39 is 38.5 Å². The van der Waals surface area contributed by atoms with Crippen molar-refractivity contribution in [2.75, 3.05) is 12.3 Å². The minimum atomic E-state index is -4.84. The molecular formula is C9H16N4O7S2. The van der Waals surface area contributed by atoms with E-state index in [9.17, 15) is 21.6 Å². The maximum absolute atomic E-state index is 12.1. The van der Waals surface area contributed by atoms with Crippen LogP contribution in [0.1, 0.15) is 19.8 Å². The lowest BCUT2D eigenvalue weighted by atomic mass is 10.0. The lowest BCUT2D eigenvalue weighted by Gasteiger charge is -2.30. The van der Waals surface area contributed by atoms with Crippen molar-refractivity contribution >= 4 is 32.3 Å². The van der Waals surface area contributed by atoms with Crippen LogP contribution in [0.3, 0.4) is 0 Å². The number of hydroxylamine groups is 2. The van der Waals surface area contributed by atoms with Crippen molar-refractivity contribution in [3.63, 3.8) is 0 Å². The molecule has 2 atom stereocenters. The van der Waals surface area contributed by atoms with Gasteiger partial charge in [-0.2, -0.15) is 13.5 Å². The molecule has 0 spiro atoms. The van der Waals surface area contributed by atoms with Gasteiger partial charge in [-0.05, 0) is 19.8 Å². The van der Waals surface area contributed by atoms with Gasteiger partial charge in [0, 0.05) is 6.54 Å². The van der Waals surface area contributed by atoms with Crippen molar-refractivity contribution in [2.45, 2.75) is 31.8 Å². The van der Waals surface area contributed by atoms with E-state index in [2.05, 4.69) is 9.01 Å². The fourth-order valence-electron chi connectivity index (χ4n) is 2.44. The summed E-state index contributed by atoms with van der Waals surface area (Å²) in [6.07, 6.45) is 0.575. The van der Waals surface area contributed by atoms with Gasteiger partial charge in [-0.1, -0.05) is 0 Å². The van der Waals surface area contributed by atoms with Crippen LogP contribution in [0, 0.1) is 5.41 Å². The molecule has 0 aromatic heterocycles. The highest BCUT2D eigenvalue weighted by molar-refractivity contribution is 7.90. The van der Waals surface area contributed by atoms with Crippen molar-refractivity contribution in [1.82, 2.24) is 14.7 Å². The first-order valence-corrected chi connectivity index (χ1v) is 9.41. The van der Waals surface area contributed by atoms with Gasteiger partial charge in [-0.25, -0.2) is 13.2 Å². The number of amides is 2. The standard InChI is InChI=1S/C9H16N4O7S2/c1-2-21(15,16)11-8(10)7-4-3-6-5-12(7)9(14)13(6)20-22(17,18)19/h6-7H,2-5H2,1H3,(H2,10,11)(H,17,18,19). The Morgan fingerprint density at radius 2 is 2.05 bits per heavy atom. The number of rotatable bonds is 5. The van der Waals surface area contributed by atoms with Gasteiger partial charge < -0.3 is 4.90 Å². The van der Waals surface area contributed by atoms with E-state index in [0.717, 1.165) is 4.90 Å². The number of sulfonamides is 1. The quantitative estimate of drug-likeness (QED) is 0.321. The van der Waals surface area contributed by atoms with Crippen LogP contribution < -0.4 is 4.72 Å². The summed E-state index contributed by atoms with van der Waals surface area (Å²) in [6, 6.07) is -2.24. The Bertz CT molecular complexity index is 689. The van der Waals surface area contributed by atoms with Crippen LogP contribution in [-0.4, -0.2) is 67.6 Å². The minimum Gasteiger partial charge on any atom is -0.310 e. The largest absolute Gasteiger partial charge is 0.418 e. The normalized spacial score (nSPS) is 25.5. The first kappa shape index (κ1) is 16.9. The van der Waals surface area contributed by atoms with Crippen LogP contribution in [-0.2, 0) is 24.7 Å². The van der Waals surface area contributed by atoms with Crippen LogP contribution in [0.15, 0.2) is 0 Å². The number of carbonyl (C=O) groups excluding carboxylic acids is 1. The molecule has 2 unspecified atom stereocenters. The molecule has 0 aromatic rings. The van der Waals surface area contributed by atoms with Crippen LogP contribution >= 0.6 is 0 Å². The first-order valence-electron chi connectivity index (χ1n) is 6.40. The van der Waals surface area contributed by atoms with Crippen molar-refractivity contribution in [3.8, 4) is 0 Å².